The Kier molecular flexibility index (Phi) is 8.23. The molecule has 3 heterocycles. The highest BCUT2D eigenvalue weighted by molar-refractivity contribution is 5.97. The van der Waals surface area contributed by atoms with Gasteiger partial charge in [0, 0.05) is 44.9 Å². The van der Waals surface area contributed by atoms with Crippen molar-refractivity contribution in [2.24, 2.45) is 5.41 Å². The summed E-state index contributed by atoms with van der Waals surface area (Å²) in [5.41, 5.74) is -0.128. The van der Waals surface area contributed by atoms with Crippen LogP contribution in [-0.2, 0) is 19.1 Å². The molecule has 0 radical (unpaired) electrons. The first-order valence-corrected chi connectivity index (χ1v) is 13.5. The molecule has 0 saturated carbocycles. The molecule has 2 aliphatic heterocycles. The average Bonchev–Trinajstić information content (AvgIpc) is 3.49. The van der Waals surface area contributed by atoms with Crippen LogP contribution in [-0.4, -0.2) is 78.4 Å². The fourth-order valence-electron chi connectivity index (χ4n) is 5.55. The average molecular weight is 542 g/mol. The van der Waals surface area contributed by atoms with Crippen LogP contribution in [0.4, 0.5) is 0 Å². The topological polar surface area (TPSA) is 118 Å². The van der Waals surface area contributed by atoms with E-state index in [-0.39, 0.29) is 41.7 Å². The number of furan rings is 1. The maximum Gasteiger partial charge on any atom is 0.306 e. The van der Waals surface area contributed by atoms with Crippen molar-refractivity contribution in [2.75, 3.05) is 33.3 Å². The highest BCUT2D eigenvalue weighted by Gasteiger charge is 2.44. The van der Waals surface area contributed by atoms with Crippen LogP contribution in [0.2, 0.25) is 0 Å². The van der Waals surface area contributed by atoms with Crippen molar-refractivity contribution < 1.29 is 33.1 Å². The fourth-order valence-corrected chi connectivity index (χ4v) is 5.55. The van der Waals surface area contributed by atoms with Crippen molar-refractivity contribution in [3.05, 3.63) is 30.0 Å². The number of ether oxygens (including phenoxy) is 2. The number of rotatable bonds is 7. The zero-order chi connectivity index (χ0) is 28.4. The van der Waals surface area contributed by atoms with Gasteiger partial charge in [-0.2, -0.15) is 0 Å². The molecule has 1 spiro atoms. The molecule has 2 fully saturated rings. The van der Waals surface area contributed by atoms with Gasteiger partial charge in [0.25, 0.3) is 5.91 Å². The van der Waals surface area contributed by atoms with E-state index < -0.39 is 17.6 Å². The third kappa shape index (κ3) is 6.72. The minimum absolute atomic E-state index is 0.0394. The number of esters is 1. The summed E-state index contributed by atoms with van der Waals surface area (Å²) in [5, 5.41) is 3.53. The Morgan fingerprint density at radius 1 is 1.08 bits per heavy atom. The zero-order valence-electron chi connectivity index (χ0n) is 23.5. The second-order valence-corrected chi connectivity index (χ2v) is 11.7. The van der Waals surface area contributed by atoms with E-state index in [0.29, 0.717) is 37.5 Å². The number of carbonyl (C=O) groups excluding carboxylic acids is 4. The number of hydrogen-bond donors (Lipinski definition) is 1. The second kappa shape index (κ2) is 11.3. The van der Waals surface area contributed by atoms with Crippen LogP contribution in [0.1, 0.15) is 70.4 Å². The molecule has 1 atom stereocenters. The molecule has 2 aliphatic rings. The summed E-state index contributed by atoms with van der Waals surface area (Å²) in [6, 6.07) is 6.51. The number of amides is 3. The highest BCUT2D eigenvalue weighted by atomic mass is 16.6. The van der Waals surface area contributed by atoms with Gasteiger partial charge in [0.1, 0.15) is 11.6 Å². The normalized spacial score (nSPS) is 17.8. The minimum atomic E-state index is -0.781. The Morgan fingerprint density at radius 3 is 2.36 bits per heavy atom. The van der Waals surface area contributed by atoms with Gasteiger partial charge in [0.05, 0.1) is 7.11 Å². The number of methoxy groups -OCH3 is 1. The summed E-state index contributed by atoms with van der Waals surface area (Å²) in [7, 11) is 1.57. The number of benzene rings is 1. The SMILES string of the molecule is COc1cccc2cc(C(=O)N3CCC4(CC3)CCN(C(=O)[C@H](CCC(=O)OC(C)(C)C)NC(C)=O)C4)oc12. The first-order valence-electron chi connectivity index (χ1n) is 13.5. The minimum Gasteiger partial charge on any atom is -0.493 e. The third-order valence-electron chi connectivity index (χ3n) is 7.53. The molecule has 39 heavy (non-hydrogen) atoms. The Hall–Kier alpha value is -3.56. The first-order chi connectivity index (χ1) is 18.4. The highest BCUT2D eigenvalue weighted by Crippen LogP contribution is 2.41. The number of fused-ring (bicyclic) bond motifs is 1. The molecule has 0 bridgehead atoms. The molecule has 10 nitrogen and oxygen atoms in total. The fraction of sp³-hybridized carbons (Fsp3) is 0.586. The Labute approximate surface area is 229 Å². The summed E-state index contributed by atoms with van der Waals surface area (Å²) in [5.74, 6) is -0.174. The van der Waals surface area contributed by atoms with Gasteiger partial charge in [-0.3, -0.25) is 19.2 Å². The van der Waals surface area contributed by atoms with E-state index >= 15 is 0 Å². The van der Waals surface area contributed by atoms with Crippen molar-refractivity contribution in [1.29, 1.82) is 0 Å². The van der Waals surface area contributed by atoms with Gasteiger partial charge in [-0.25, -0.2) is 0 Å². The quantitative estimate of drug-likeness (QED) is 0.533. The molecule has 0 aliphatic carbocycles. The van der Waals surface area contributed by atoms with E-state index in [1.165, 1.54) is 6.92 Å². The lowest BCUT2D eigenvalue weighted by atomic mass is 9.77. The lowest BCUT2D eigenvalue weighted by Crippen LogP contribution is -2.49. The molecule has 1 aromatic carbocycles. The molecule has 10 heteroatoms. The summed E-state index contributed by atoms with van der Waals surface area (Å²) in [4.78, 5) is 54.2. The predicted octanol–water partition coefficient (Wildman–Crippen LogP) is 3.52. The van der Waals surface area contributed by atoms with Gasteiger partial charge >= 0.3 is 5.97 Å². The summed E-state index contributed by atoms with van der Waals surface area (Å²) >= 11 is 0. The molecule has 1 N–H and O–H groups in total. The van der Waals surface area contributed by atoms with E-state index in [0.717, 1.165) is 24.6 Å². The molecule has 1 aromatic heterocycles. The largest absolute Gasteiger partial charge is 0.493 e. The third-order valence-corrected chi connectivity index (χ3v) is 7.53. The molecule has 2 aromatic rings. The monoisotopic (exact) mass is 541 g/mol. The molecular weight excluding hydrogens is 502 g/mol. The van der Waals surface area contributed by atoms with Gasteiger partial charge in [-0.15, -0.1) is 0 Å². The summed E-state index contributed by atoms with van der Waals surface area (Å²) in [6.45, 7) is 9.03. The molecule has 2 saturated heterocycles. The van der Waals surface area contributed by atoms with E-state index in [4.69, 9.17) is 13.9 Å². The van der Waals surface area contributed by atoms with Gasteiger partial charge < -0.3 is 29.0 Å². The smallest absolute Gasteiger partial charge is 0.306 e. The maximum atomic E-state index is 13.4. The lowest BCUT2D eigenvalue weighted by molar-refractivity contribution is -0.155. The molecule has 4 rings (SSSR count). The number of carbonyl (C=O) groups is 4. The van der Waals surface area contributed by atoms with Crippen LogP contribution in [0.3, 0.4) is 0 Å². The predicted molar refractivity (Wildman–Crippen MR) is 144 cm³/mol. The molecule has 212 valence electrons. The van der Waals surface area contributed by atoms with Crippen molar-refractivity contribution in [2.45, 2.75) is 71.4 Å². The van der Waals surface area contributed by atoms with Crippen LogP contribution in [0.15, 0.2) is 28.7 Å². The van der Waals surface area contributed by atoms with Crippen molar-refractivity contribution in [3.8, 4) is 5.75 Å². The van der Waals surface area contributed by atoms with Gasteiger partial charge in [0.15, 0.2) is 17.1 Å². The van der Waals surface area contributed by atoms with Crippen LogP contribution in [0, 0.1) is 5.41 Å². The van der Waals surface area contributed by atoms with Crippen LogP contribution in [0.25, 0.3) is 11.0 Å². The number of piperidine rings is 1. The van der Waals surface area contributed by atoms with Gasteiger partial charge in [0.2, 0.25) is 11.8 Å². The molecular formula is C29H39N3O7. The number of likely N-dealkylation sites (tertiary alicyclic amines) is 2. The molecule has 3 amide bonds. The first kappa shape index (κ1) is 28.4. The Morgan fingerprint density at radius 2 is 1.74 bits per heavy atom. The molecule has 0 unspecified atom stereocenters. The van der Waals surface area contributed by atoms with Crippen molar-refractivity contribution in [3.63, 3.8) is 0 Å². The maximum absolute atomic E-state index is 13.4. The second-order valence-electron chi connectivity index (χ2n) is 11.7. The Bertz CT molecular complexity index is 1240. The summed E-state index contributed by atoms with van der Waals surface area (Å²) in [6.07, 6.45) is 2.60. The van der Waals surface area contributed by atoms with E-state index in [1.807, 2.05) is 12.1 Å². The lowest BCUT2D eigenvalue weighted by Gasteiger charge is -2.39. The van der Waals surface area contributed by atoms with Crippen LogP contribution >= 0.6 is 0 Å². The number of nitrogens with zero attached hydrogens (tertiary/aromatic N) is 2. The standard InChI is InChI=1S/C29H39N3O7/c1-19(33)30-21(9-10-24(34)39-28(2,3)4)26(35)32-16-13-29(18-32)11-14-31(15-12-29)27(36)23-17-20-7-6-8-22(37-5)25(20)38-23/h6-8,17,21H,9-16,18H2,1-5H3,(H,30,33)/t21-/m0/s1. The van der Waals surface area contributed by atoms with Crippen molar-refractivity contribution >= 4 is 34.7 Å². The number of hydrogen-bond acceptors (Lipinski definition) is 7. The van der Waals surface area contributed by atoms with Gasteiger partial charge in [-0.05, 0) is 64.0 Å². The van der Waals surface area contributed by atoms with Crippen LogP contribution in [0.5, 0.6) is 5.75 Å². The summed E-state index contributed by atoms with van der Waals surface area (Å²) < 4.78 is 16.6. The van der Waals surface area contributed by atoms with Crippen molar-refractivity contribution in [1.82, 2.24) is 15.1 Å². The Balaban J connectivity index is 1.34. The van der Waals surface area contributed by atoms with Gasteiger partial charge in [-0.1, -0.05) is 12.1 Å². The van der Waals surface area contributed by atoms with E-state index in [2.05, 4.69) is 5.32 Å². The van der Waals surface area contributed by atoms with E-state index in [9.17, 15) is 19.2 Å². The number of para-hydroxylation sites is 1. The van der Waals surface area contributed by atoms with Crippen LogP contribution < -0.4 is 10.1 Å². The zero-order valence-corrected chi connectivity index (χ0v) is 23.5. The van der Waals surface area contributed by atoms with E-state index in [1.54, 1.807) is 49.8 Å². The number of nitrogens with one attached hydrogen (secondary N) is 1.